The molecule has 6 aromatic rings. The first-order valence-electron chi connectivity index (χ1n) is 14.9. The first-order chi connectivity index (χ1) is 20.7. The number of aromatic amines is 1. The fourth-order valence-electron chi connectivity index (χ4n) is 6.07. The van der Waals surface area contributed by atoms with Crippen molar-refractivity contribution in [1.82, 2.24) is 29.4 Å². The van der Waals surface area contributed by atoms with Gasteiger partial charge in [-0.2, -0.15) is 0 Å². The van der Waals surface area contributed by atoms with Crippen molar-refractivity contribution in [1.29, 1.82) is 0 Å². The Hall–Kier alpha value is -4.62. The van der Waals surface area contributed by atoms with Gasteiger partial charge in [-0.05, 0) is 86.3 Å². The minimum absolute atomic E-state index is 0.154. The van der Waals surface area contributed by atoms with Crippen molar-refractivity contribution in [2.75, 3.05) is 19.6 Å². The van der Waals surface area contributed by atoms with Crippen molar-refractivity contribution in [3.8, 4) is 22.5 Å². The molecule has 210 valence electrons. The predicted octanol–water partition coefficient (Wildman–Crippen LogP) is 6.47. The lowest BCUT2D eigenvalue weighted by Crippen LogP contribution is -2.20. The summed E-state index contributed by atoms with van der Waals surface area (Å²) < 4.78 is 2.34. The quantitative estimate of drug-likeness (QED) is 0.207. The highest BCUT2D eigenvalue weighted by Gasteiger charge is 2.17. The second-order valence-corrected chi connectivity index (χ2v) is 11.2. The van der Waals surface area contributed by atoms with E-state index in [1.165, 1.54) is 25.9 Å². The Morgan fingerprint density at radius 3 is 2.24 bits per heavy atom. The second-order valence-electron chi connectivity index (χ2n) is 11.2. The standard InChI is InChI=1S/C35H34N6O/c42-35-32(22-25-8-2-1-3-9-25)37-30-24-33-31(23-29(30)39-35)38-34(41(33)21-7-6-20-40-18-4-5-19-40)28-12-10-26(11-13-28)27-14-16-36-17-15-27/h1-3,8-17,23-24H,4-7,18-22H2,(H,39,42). The van der Waals surface area contributed by atoms with Crippen molar-refractivity contribution in [2.24, 2.45) is 0 Å². The maximum absolute atomic E-state index is 12.9. The van der Waals surface area contributed by atoms with Crippen molar-refractivity contribution < 1.29 is 0 Å². The molecule has 1 saturated heterocycles. The zero-order valence-electron chi connectivity index (χ0n) is 23.7. The summed E-state index contributed by atoms with van der Waals surface area (Å²) in [5.41, 5.74) is 8.19. The third-order valence-corrected chi connectivity index (χ3v) is 8.31. The van der Waals surface area contributed by atoms with Crippen LogP contribution in [0.25, 0.3) is 44.6 Å². The molecule has 0 unspecified atom stereocenters. The van der Waals surface area contributed by atoms with E-state index in [1.54, 1.807) is 0 Å². The van der Waals surface area contributed by atoms with E-state index in [-0.39, 0.29) is 5.56 Å². The maximum Gasteiger partial charge on any atom is 0.270 e. The highest BCUT2D eigenvalue weighted by atomic mass is 16.1. The molecule has 0 bridgehead atoms. The largest absolute Gasteiger partial charge is 0.324 e. The monoisotopic (exact) mass is 554 g/mol. The molecule has 7 rings (SSSR count). The fourth-order valence-corrected chi connectivity index (χ4v) is 6.07. The number of aromatic nitrogens is 5. The number of unbranched alkanes of at least 4 members (excludes halogenated alkanes) is 1. The van der Waals surface area contributed by atoms with Gasteiger partial charge in [0.05, 0.1) is 22.1 Å². The highest BCUT2D eigenvalue weighted by molar-refractivity contribution is 5.93. The number of nitrogens with zero attached hydrogens (tertiary/aromatic N) is 5. The predicted molar refractivity (Wildman–Crippen MR) is 168 cm³/mol. The summed E-state index contributed by atoms with van der Waals surface area (Å²) in [5.74, 6) is 0.939. The van der Waals surface area contributed by atoms with Gasteiger partial charge < -0.3 is 14.5 Å². The Morgan fingerprint density at radius 2 is 1.45 bits per heavy atom. The van der Waals surface area contributed by atoms with E-state index >= 15 is 0 Å². The molecule has 7 nitrogen and oxygen atoms in total. The van der Waals surface area contributed by atoms with E-state index in [4.69, 9.17) is 9.97 Å². The van der Waals surface area contributed by atoms with Crippen LogP contribution in [0.1, 0.15) is 36.9 Å². The van der Waals surface area contributed by atoms with Gasteiger partial charge in [0, 0.05) is 30.9 Å². The summed E-state index contributed by atoms with van der Waals surface area (Å²) in [6.07, 6.45) is 8.99. The second kappa shape index (κ2) is 11.7. The average Bonchev–Trinajstić information content (AvgIpc) is 3.68. The molecule has 0 atom stereocenters. The van der Waals surface area contributed by atoms with Gasteiger partial charge in [0.25, 0.3) is 5.56 Å². The van der Waals surface area contributed by atoms with E-state index in [9.17, 15) is 4.79 Å². The minimum atomic E-state index is -0.154. The third-order valence-electron chi connectivity index (χ3n) is 8.31. The van der Waals surface area contributed by atoms with Gasteiger partial charge in [-0.1, -0.05) is 54.6 Å². The van der Waals surface area contributed by atoms with Crippen LogP contribution in [0.5, 0.6) is 0 Å². The van der Waals surface area contributed by atoms with Gasteiger partial charge in [-0.25, -0.2) is 9.97 Å². The molecule has 0 spiro atoms. The Balaban J connectivity index is 1.26. The lowest BCUT2D eigenvalue weighted by molar-refractivity contribution is 0.327. The molecule has 3 aromatic carbocycles. The van der Waals surface area contributed by atoms with Crippen molar-refractivity contribution in [3.63, 3.8) is 0 Å². The Kier molecular flexibility index (Phi) is 7.33. The molecule has 42 heavy (non-hydrogen) atoms. The molecular weight excluding hydrogens is 520 g/mol. The number of likely N-dealkylation sites (tertiary alicyclic amines) is 1. The van der Waals surface area contributed by atoms with E-state index in [1.807, 2.05) is 60.9 Å². The summed E-state index contributed by atoms with van der Waals surface area (Å²) in [7, 11) is 0. The Bertz CT molecular complexity index is 1870. The normalized spacial score (nSPS) is 13.8. The minimum Gasteiger partial charge on any atom is -0.324 e. The number of aryl methyl sites for hydroxylation is 1. The highest BCUT2D eigenvalue weighted by Crippen LogP contribution is 2.30. The number of imidazole rings is 1. The Labute approximate surface area is 244 Å². The van der Waals surface area contributed by atoms with Crippen LogP contribution in [0.4, 0.5) is 0 Å². The number of rotatable bonds is 9. The fraction of sp³-hybridized carbons (Fsp3) is 0.257. The van der Waals surface area contributed by atoms with Crippen LogP contribution in [0.2, 0.25) is 0 Å². The van der Waals surface area contributed by atoms with Gasteiger partial charge in [0.2, 0.25) is 0 Å². The van der Waals surface area contributed by atoms with Gasteiger partial charge in [0.15, 0.2) is 0 Å². The van der Waals surface area contributed by atoms with E-state index in [2.05, 4.69) is 49.8 Å². The first-order valence-corrected chi connectivity index (χ1v) is 14.9. The van der Waals surface area contributed by atoms with Gasteiger partial charge in [-0.3, -0.25) is 9.78 Å². The molecule has 4 heterocycles. The number of nitrogens with one attached hydrogen (secondary N) is 1. The van der Waals surface area contributed by atoms with Crippen LogP contribution in [0, 0.1) is 0 Å². The average molecular weight is 555 g/mol. The van der Waals surface area contributed by atoms with Gasteiger partial charge >= 0.3 is 0 Å². The molecule has 0 radical (unpaired) electrons. The topological polar surface area (TPSA) is 79.7 Å². The summed E-state index contributed by atoms with van der Waals surface area (Å²) in [6.45, 7) is 4.48. The van der Waals surface area contributed by atoms with Crippen LogP contribution in [-0.2, 0) is 13.0 Å². The third kappa shape index (κ3) is 5.48. The van der Waals surface area contributed by atoms with E-state index < -0.39 is 0 Å². The maximum atomic E-state index is 12.9. The molecule has 0 saturated carbocycles. The number of pyridine rings is 1. The van der Waals surface area contributed by atoms with Crippen LogP contribution in [-0.4, -0.2) is 49.0 Å². The van der Waals surface area contributed by atoms with Crippen molar-refractivity contribution in [3.05, 3.63) is 113 Å². The zero-order chi connectivity index (χ0) is 28.3. The zero-order valence-corrected chi connectivity index (χ0v) is 23.7. The molecule has 0 amide bonds. The van der Waals surface area contributed by atoms with Crippen LogP contribution < -0.4 is 5.56 Å². The lowest BCUT2D eigenvalue weighted by Gasteiger charge is -2.15. The molecular formula is C35H34N6O. The molecule has 1 aliphatic heterocycles. The summed E-state index contributed by atoms with van der Waals surface area (Å²) in [5, 5.41) is 0. The van der Waals surface area contributed by atoms with Crippen LogP contribution in [0.15, 0.2) is 96.1 Å². The summed E-state index contributed by atoms with van der Waals surface area (Å²) in [4.78, 5) is 32.7. The number of hydrogen-bond donors (Lipinski definition) is 1. The molecule has 0 aliphatic carbocycles. The van der Waals surface area contributed by atoms with E-state index in [0.29, 0.717) is 17.6 Å². The number of H-pyrrole nitrogens is 1. The summed E-state index contributed by atoms with van der Waals surface area (Å²) in [6, 6.07) is 26.7. The smallest absolute Gasteiger partial charge is 0.270 e. The van der Waals surface area contributed by atoms with Crippen LogP contribution in [0.3, 0.4) is 0 Å². The Morgan fingerprint density at radius 1 is 0.738 bits per heavy atom. The van der Waals surface area contributed by atoms with Gasteiger partial charge in [-0.15, -0.1) is 0 Å². The molecule has 3 aromatic heterocycles. The molecule has 7 heteroatoms. The number of benzene rings is 3. The summed E-state index contributed by atoms with van der Waals surface area (Å²) >= 11 is 0. The molecule has 1 N–H and O–H groups in total. The van der Waals surface area contributed by atoms with Gasteiger partial charge in [0.1, 0.15) is 11.5 Å². The lowest BCUT2D eigenvalue weighted by atomic mass is 10.0. The number of fused-ring (bicyclic) bond motifs is 2. The molecule has 1 aliphatic rings. The molecule has 1 fully saturated rings. The van der Waals surface area contributed by atoms with Crippen molar-refractivity contribution in [2.45, 2.75) is 38.6 Å². The van der Waals surface area contributed by atoms with E-state index in [0.717, 1.165) is 70.6 Å². The van der Waals surface area contributed by atoms with Crippen LogP contribution >= 0.6 is 0 Å². The SMILES string of the molecule is O=c1[nH]c2cc3nc(-c4ccc(-c5ccncc5)cc4)n(CCCCN4CCCC4)c3cc2nc1Cc1ccccc1. The number of hydrogen-bond acceptors (Lipinski definition) is 5. The first kappa shape index (κ1) is 26.3. The van der Waals surface area contributed by atoms with Crippen molar-refractivity contribution >= 4 is 22.1 Å².